The molecule has 2 atom stereocenters. The molecule has 1 fully saturated rings. The van der Waals surface area contributed by atoms with Gasteiger partial charge in [0.25, 0.3) is 0 Å². The minimum Gasteiger partial charge on any atom is -0.399 e. The molecule has 2 aromatic rings. The normalized spacial score (nSPS) is 26.3. The molecule has 4 rings (SSSR count). The lowest BCUT2D eigenvalue weighted by atomic mass is 9.95. The van der Waals surface area contributed by atoms with Crippen molar-refractivity contribution in [3.05, 3.63) is 18.2 Å². The number of hydrogen-bond donors (Lipinski definition) is 2. The Bertz CT molecular complexity index is 615. The van der Waals surface area contributed by atoms with Crippen molar-refractivity contribution in [1.82, 2.24) is 9.78 Å². The summed E-state index contributed by atoms with van der Waals surface area (Å²) < 4.78 is 7.70. The summed E-state index contributed by atoms with van der Waals surface area (Å²) in [5.74, 6) is 1.71. The van der Waals surface area contributed by atoms with Crippen LogP contribution in [0.5, 0.6) is 0 Å². The van der Waals surface area contributed by atoms with Gasteiger partial charge in [-0.3, -0.25) is 0 Å². The molecular formula is C14H18N4O. The lowest BCUT2D eigenvalue weighted by Gasteiger charge is -2.29. The van der Waals surface area contributed by atoms with Crippen molar-refractivity contribution in [2.45, 2.75) is 18.9 Å². The molecule has 3 heterocycles. The van der Waals surface area contributed by atoms with Crippen molar-refractivity contribution in [3.63, 3.8) is 0 Å². The number of rotatable bonds is 1. The summed E-state index contributed by atoms with van der Waals surface area (Å²) in [5, 5.41) is 9.36. The van der Waals surface area contributed by atoms with E-state index in [-0.39, 0.29) is 0 Å². The predicted octanol–water partition coefficient (Wildman–Crippen LogP) is 2.01. The lowest BCUT2D eigenvalue weighted by molar-refractivity contribution is 0.167. The minimum atomic E-state index is 0.451. The zero-order chi connectivity index (χ0) is 12.8. The molecule has 0 spiro atoms. The summed E-state index contributed by atoms with van der Waals surface area (Å²) in [6, 6.07) is 6.37. The van der Waals surface area contributed by atoms with Gasteiger partial charge in [0.1, 0.15) is 5.82 Å². The monoisotopic (exact) mass is 258 g/mol. The van der Waals surface area contributed by atoms with Crippen LogP contribution in [0.2, 0.25) is 0 Å². The second-order valence-corrected chi connectivity index (χ2v) is 5.48. The number of fused-ring (bicyclic) bond motifs is 3. The Kier molecular flexibility index (Phi) is 2.41. The quantitative estimate of drug-likeness (QED) is 0.768. The standard InChI is InChI=1S/C14H18N4O/c15-10-1-2-12-11(7-10)14-16-5-3-13(18(14)17-12)9-4-6-19-8-9/h1-2,7,9,13,16H,3-6,8,15H2. The second-order valence-electron chi connectivity index (χ2n) is 5.48. The Labute approximate surface area is 111 Å². The van der Waals surface area contributed by atoms with Crippen LogP contribution >= 0.6 is 0 Å². The lowest BCUT2D eigenvalue weighted by Crippen LogP contribution is -2.29. The van der Waals surface area contributed by atoms with Gasteiger partial charge in [-0.1, -0.05) is 0 Å². The minimum absolute atomic E-state index is 0.451. The van der Waals surface area contributed by atoms with Gasteiger partial charge in [-0.25, -0.2) is 4.68 Å². The summed E-state index contributed by atoms with van der Waals surface area (Å²) in [4.78, 5) is 0. The molecule has 3 N–H and O–H groups in total. The van der Waals surface area contributed by atoms with Crippen LogP contribution < -0.4 is 11.1 Å². The third kappa shape index (κ3) is 1.69. The molecule has 5 nitrogen and oxygen atoms in total. The molecule has 0 amide bonds. The van der Waals surface area contributed by atoms with Gasteiger partial charge in [0.15, 0.2) is 0 Å². The van der Waals surface area contributed by atoms with Gasteiger partial charge in [-0.2, -0.15) is 5.10 Å². The van der Waals surface area contributed by atoms with Gasteiger partial charge in [-0.05, 0) is 31.0 Å². The molecule has 0 aliphatic carbocycles. The van der Waals surface area contributed by atoms with Gasteiger partial charge in [0.2, 0.25) is 0 Å². The Morgan fingerprint density at radius 3 is 3.16 bits per heavy atom. The van der Waals surface area contributed by atoms with E-state index >= 15 is 0 Å². The van der Waals surface area contributed by atoms with Gasteiger partial charge >= 0.3 is 0 Å². The van der Waals surface area contributed by atoms with Crippen molar-refractivity contribution in [3.8, 4) is 0 Å². The van der Waals surface area contributed by atoms with E-state index in [4.69, 9.17) is 15.6 Å². The first-order chi connectivity index (χ1) is 9.33. The molecule has 1 saturated heterocycles. The van der Waals surface area contributed by atoms with Crippen molar-refractivity contribution in [2.75, 3.05) is 30.8 Å². The molecule has 2 unspecified atom stereocenters. The van der Waals surface area contributed by atoms with Gasteiger partial charge < -0.3 is 15.8 Å². The van der Waals surface area contributed by atoms with E-state index in [2.05, 4.69) is 10.00 Å². The number of benzene rings is 1. The highest BCUT2D eigenvalue weighted by Crippen LogP contribution is 2.37. The van der Waals surface area contributed by atoms with Crippen LogP contribution in [0.1, 0.15) is 18.9 Å². The molecule has 2 aliphatic rings. The van der Waals surface area contributed by atoms with Crippen LogP contribution in [0.3, 0.4) is 0 Å². The molecule has 0 bridgehead atoms. The summed E-state index contributed by atoms with van der Waals surface area (Å²) in [5.41, 5.74) is 7.69. The van der Waals surface area contributed by atoms with E-state index in [1.165, 1.54) is 0 Å². The highest BCUT2D eigenvalue weighted by molar-refractivity contribution is 5.92. The van der Waals surface area contributed by atoms with E-state index < -0.39 is 0 Å². The van der Waals surface area contributed by atoms with E-state index in [1.807, 2.05) is 18.2 Å². The first kappa shape index (κ1) is 11.1. The van der Waals surface area contributed by atoms with E-state index in [9.17, 15) is 0 Å². The molecule has 2 aliphatic heterocycles. The van der Waals surface area contributed by atoms with Crippen LogP contribution in [-0.2, 0) is 4.74 Å². The van der Waals surface area contributed by atoms with Gasteiger partial charge in [-0.15, -0.1) is 0 Å². The molecule has 1 aromatic heterocycles. The van der Waals surface area contributed by atoms with Gasteiger partial charge in [0.05, 0.1) is 18.2 Å². The van der Waals surface area contributed by atoms with Crippen LogP contribution in [0.25, 0.3) is 10.9 Å². The van der Waals surface area contributed by atoms with E-state index in [1.54, 1.807) is 0 Å². The Hall–Kier alpha value is -1.75. The number of aromatic nitrogens is 2. The largest absolute Gasteiger partial charge is 0.399 e. The second kappa shape index (κ2) is 4.13. The Balaban J connectivity index is 1.83. The summed E-state index contributed by atoms with van der Waals surface area (Å²) in [7, 11) is 0. The fourth-order valence-corrected chi connectivity index (χ4v) is 3.29. The van der Waals surface area contributed by atoms with Crippen LogP contribution in [0, 0.1) is 5.92 Å². The Morgan fingerprint density at radius 1 is 1.37 bits per heavy atom. The smallest absolute Gasteiger partial charge is 0.132 e. The summed E-state index contributed by atoms with van der Waals surface area (Å²) in [6.07, 6.45) is 2.26. The fraction of sp³-hybridized carbons (Fsp3) is 0.500. The van der Waals surface area contributed by atoms with Crippen molar-refractivity contribution in [1.29, 1.82) is 0 Å². The van der Waals surface area contributed by atoms with E-state index in [0.29, 0.717) is 12.0 Å². The number of hydrogen-bond acceptors (Lipinski definition) is 4. The predicted molar refractivity (Wildman–Crippen MR) is 75.2 cm³/mol. The molecule has 19 heavy (non-hydrogen) atoms. The Morgan fingerprint density at radius 2 is 2.32 bits per heavy atom. The van der Waals surface area contributed by atoms with Crippen LogP contribution in [0.15, 0.2) is 18.2 Å². The zero-order valence-electron chi connectivity index (χ0n) is 10.8. The highest BCUT2D eigenvalue weighted by atomic mass is 16.5. The first-order valence-corrected chi connectivity index (χ1v) is 6.92. The number of anilines is 2. The number of ether oxygens (including phenoxy) is 1. The molecular weight excluding hydrogens is 240 g/mol. The molecule has 0 radical (unpaired) electrons. The fourth-order valence-electron chi connectivity index (χ4n) is 3.29. The van der Waals surface area contributed by atoms with Crippen LogP contribution in [0.4, 0.5) is 11.5 Å². The third-order valence-electron chi connectivity index (χ3n) is 4.28. The van der Waals surface area contributed by atoms with Crippen molar-refractivity contribution >= 4 is 22.4 Å². The summed E-state index contributed by atoms with van der Waals surface area (Å²) >= 11 is 0. The SMILES string of the molecule is Nc1ccc2nn3c(c2c1)NCCC3C1CCOC1. The molecule has 1 aromatic carbocycles. The third-order valence-corrected chi connectivity index (χ3v) is 4.28. The molecule has 0 saturated carbocycles. The number of nitrogen functional groups attached to an aromatic ring is 1. The van der Waals surface area contributed by atoms with Crippen LogP contribution in [-0.4, -0.2) is 29.5 Å². The average Bonchev–Trinajstić information content (AvgIpc) is 3.05. The summed E-state index contributed by atoms with van der Waals surface area (Å²) in [6.45, 7) is 2.75. The topological polar surface area (TPSA) is 65.1 Å². The maximum Gasteiger partial charge on any atom is 0.132 e. The van der Waals surface area contributed by atoms with Crippen molar-refractivity contribution in [2.24, 2.45) is 5.92 Å². The highest BCUT2D eigenvalue weighted by Gasteiger charge is 2.32. The maximum atomic E-state index is 5.89. The number of nitrogens with zero attached hydrogens (tertiary/aromatic N) is 2. The van der Waals surface area contributed by atoms with Crippen molar-refractivity contribution < 1.29 is 4.74 Å². The zero-order valence-corrected chi connectivity index (χ0v) is 10.8. The average molecular weight is 258 g/mol. The maximum absolute atomic E-state index is 5.89. The van der Waals surface area contributed by atoms with Gasteiger partial charge in [0, 0.05) is 30.1 Å². The molecule has 5 heteroatoms. The number of nitrogens with one attached hydrogen (secondary N) is 1. The number of nitrogens with two attached hydrogens (primary N) is 1. The van der Waals surface area contributed by atoms with E-state index in [0.717, 1.165) is 55.0 Å². The first-order valence-electron chi connectivity index (χ1n) is 6.92. The molecule has 100 valence electrons.